The normalized spacial score (nSPS) is 12.8. The topological polar surface area (TPSA) is 37.8 Å². The van der Waals surface area contributed by atoms with Gasteiger partial charge in [-0.1, -0.05) is 29.8 Å². The Kier molecular flexibility index (Phi) is 2.94. The number of fused-ring (bicyclic) bond motifs is 3. The largest absolute Gasteiger partial charge is 0.290 e. The van der Waals surface area contributed by atoms with E-state index >= 15 is 0 Å². The predicted octanol–water partition coefficient (Wildman–Crippen LogP) is 4.09. The molecule has 0 saturated carbocycles. The van der Waals surface area contributed by atoms with E-state index in [-0.39, 0.29) is 5.56 Å². The molecule has 0 saturated heterocycles. The molecule has 1 aromatic heterocycles. The van der Waals surface area contributed by atoms with E-state index in [1.54, 1.807) is 16.4 Å². The molecule has 2 heterocycles. The van der Waals surface area contributed by atoms with Crippen molar-refractivity contribution in [2.24, 2.45) is 0 Å². The number of rotatable bonds is 1. The summed E-state index contributed by atoms with van der Waals surface area (Å²) in [6.07, 6.45) is 0. The van der Waals surface area contributed by atoms with Crippen LogP contribution in [0.25, 0.3) is 16.9 Å². The Hall–Kier alpha value is -1.91. The molecule has 3 nitrogen and oxygen atoms in total. The second-order valence-corrected chi connectivity index (χ2v) is 6.32. The zero-order valence-electron chi connectivity index (χ0n) is 11.0. The summed E-state index contributed by atoms with van der Waals surface area (Å²) in [5, 5.41) is 3.91. The van der Waals surface area contributed by atoms with Crippen LogP contribution in [-0.2, 0) is 5.75 Å². The zero-order chi connectivity index (χ0) is 14.4. The molecule has 1 N–H and O–H groups in total. The van der Waals surface area contributed by atoms with Gasteiger partial charge in [-0.3, -0.25) is 9.89 Å². The lowest BCUT2D eigenvalue weighted by molar-refractivity contribution is 0.850. The van der Waals surface area contributed by atoms with Gasteiger partial charge in [0.1, 0.15) is 0 Å². The molecule has 0 amide bonds. The highest BCUT2D eigenvalue weighted by Gasteiger charge is 2.23. The summed E-state index contributed by atoms with van der Waals surface area (Å²) < 4.78 is 1.60. The summed E-state index contributed by atoms with van der Waals surface area (Å²) in [7, 11) is 0. The van der Waals surface area contributed by atoms with Crippen LogP contribution in [0.1, 0.15) is 5.56 Å². The summed E-state index contributed by atoms with van der Waals surface area (Å²) >= 11 is 7.77. The molecule has 0 atom stereocenters. The van der Waals surface area contributed by atoms with Crippen molar-refractivity contribution in [2.75, 3.05) is 0 Å². The fraction of sp³-hybridized carbons (Fsp3) is 0.0625. The van der Waals surface area contributed by atoms with Crippen molar-refractivity contribution >= 4 is 23.4 Å². The Labute approximate surface area is 130 Å². The van der Waals surface area contributed by atoms with Crippen LogP contribution in [0.4, 0.5) is 0 Å². The number of aromatic nitrogens is 2. The van der Waals surface area contributed by atoms with Crippen molar-refractivity contribution in [1.29, 1.82) is 0 Å². The van der Waals surface area contributed by atoms with Gasteiger partial charge in [0.05, 0.1) is 16.9 Å². The van der Waals surface area contributed by atoms with E-state index in [0.29, 0.717) is 10.8 Å². The molecule has 5 heteroatoms. The number of nitrogens with one attached hydrogen (secondary N) is 1. The summed E-state index contributed by atoms with van der Waals surface area (Å²) in [5.41, 5.74) is 3.53. The van der Waals surface area contributed by atoms with Gasteiger partial charge in [0.25, 0.3) is 5.56 Å². The van der Waals surface area contributed by atoms with E-state index < -0.39 is 0 Å². The second-order valence-electron chi connectivity index (χ2n) is 4.87. The van der Waals surface area contributed by atoms with Gasteiger partial charge in [-0.05, 0) is 30.3 Å². The average Bonchev–Trinajstić information content (AvgIpc) is 2.86. The highest BCUT2D eigenvalue weighted by Crippen LogP contribution is 2.40. The van der Waals surface area contributed by atoms with Gasteiger partial charge < -0.3 is 0 Å². The Morgan fingerprint density at radius 2 is 1.95 bits per heavy atom. The Bertz CT molecular complexity index is 883. The number of benzene rings is 2. The fourth-order valence-corrected chi connectivity index (χ4v) is 3.78. The van der Waals surface area contributed by atoms with E-state index in [1.165, 1.54) is 0 Å². The third-order valence-electron chi connectivity index (χ3n) is 3.58. The van der Waals surface area contributed by atoms with E-state index in [4.69, 9.17) is 11.6 Å². The minimum absolute atomic E-state index is 0.00863. The van der Waals surface area contributed by atoms with Gasteiger partial charge in [0, 0.05) is 21.2 Å². The van der Waals surface area contributed by atoms with Gasteiger partial charge in [-0.2, -0.15) is 0 Å². The van der Waals surface area contributed by atoms with E-state index in [0.717, 1.165) is 27.4 Å². The lowest BCUT2D eigenvalue weighted by atomic mass is 10.1. The molecule has 0 unspecified atom stereocenters. The number of H-pyrrole nitrogens is 1. The average molecular weight is 315 g/mol. The molecule has 1 aliphatic rings. The van der Waals surface area contributed by atoms with Gasteiger partial charge in [0.2, 0.25) is 0 Å². The van der Waals surface area contributed by atoms with Crippen molar-refractivity contribution in [3.05, 3.63) is 69.5 Å². The molecule has 1 aliphatic heterocycles. The molecule has 21 heavy (non-hydrogen) atoms. The number of aromatic amines is 1. The lowest BCUT2D eigenvalue weighted by Gasteiger charge is -2.14. The standard InChI is InChI=1S/C16H11ClN2OS/c17-10-6-7-14-12(8-10)15-13(9-21-14)16(20)19(18-15)11-4-2-1-3-5-11/h1-8,18H,9H2. The number of thioether (sulfide) groups is 1. The number of nitrogens with zero attached hydrogens (tertiary/aromatic N) is 1. The van der Waals surface area contributed by atoms with E-state index in [9.17, 15) is 4.79 Å². The summed E-state index contributed by atoms with van der Waals surface area (Å²) in [5.74, 6) is 0.680. The number of para-hydroxylation sites is 1. The van der Waals surface area contributed by atoms with Crippen molar-refractivity contribution in [1.82, 2.24) is 9.78 Å². The predicted molar refractivity (Wildman–Crippen MR) is 86.4 cm³/mol. The SMILES string of the molecule is O=c1c2c([nH]n1-c1ccccc1)-c1cc(Cl)ccc1SC2. The van der Waals surface area contributed by atoms with Crippen molar-refractivity contribution in [2.45, 2.75) is 10.6 Å². The molecule has 3 aromatic rings. The monoisotopic (exact) mass is 314 g/mol. The van der Waals surface area contributed by atoms with Crippen LogP contribution in [0.15, 0.2) is 58.2 Å². The maximum absolute atomic E-state index is 12.6. The van der Waals surface area contributed by atoms with Crippen molar-refractivity contribution < 1.29 is 0 Å². The summed E-state index contributed by atoms with van der Waals surface area (Å²) in [6.45, 7) is 0. The highest BCUT2D eigenvalue weighted by molar-refractivity contribution is 7.98. The molecule has 104 valence electrons. The molecular formula is C16H11ClN2OS. The molecule has 0 spiro atoms. The molecular weight excluding hydrogens is 304 g/mol. The van der Waals surface area contributed by atoms with Gasteiger partial charge in [0.15, 0.2) is 0 Å². The number of halogens is 1. The third kappa shape index (κ3) is 2.03. The Morgan fingerprint density at radius 1 is 1.14 bits per heavy atom. The van der Waals surface area contributed by atoms with Crippen LogP contribution in [-0.4, -0.2) is 9.78 Å². The quantitative estimate of drug-likeness (QED) is 0.734. The highest BCUT2D eigenvalue weighted by atomic mass is 35.5. The van der Waals surface area contributed by atoms with Crippen LogP contribution in [0.2, 0.25) is 5.02 Å². The minimum atomic E-state index is 0.00863. The van der Waals surface area contributed by atoms with Gasteiger partial charge >= 0.3 is 0 Å². The fourth-order valence-electron chi connectivity index (χ4n) is 2.56. The van der Waals surface area contributed by atoms with Crippen LogP contribution in [0.3, 0.4) is 0 Å². The lowest BCUT2D eigenvalue weighted by Crippen LogP contribution is -2.17. The summed E-state index contributed by atoms with van der Waals surface area (Å²) in [4.78, 5) is 13.7. The Balaban J connectivity index is 1.96. The first-order valence-corrected chi connectivity index (χ1v) is 7.92. The van der Waals surface area contributed by atoms with E-state index in [2.05, 4.69) is 5.10 Å². The van der Waals surface area contributed by atoms with Crippen LogP contribution >= 0.6 is 23.4 Å². The molecule has 2 aromatic carbocycles. The molecule has 0 aliphatic carbocycles. The number of hydrogen-bond donors (Lipinski definition) is 1. The minimum Gasteiger partial charge on any atom is -0.290 e. The van der Waals surface area contributed by atoms with Crippen LogP contribution < -0.4 is 5.56 Å². The van der Waals surface area contributed by atoms with Crippen molar-refractivity contribution in [3.8, 4) is 16.9 Å². The van der Waals surface area contributed by atoms with Crippen molar-refractivity contribution in [3.63, 3.8) is 0 Å². The first-order chi connectivity index (χ1) is 10.2. The maximum atomic E-state index is 12.6. The molecule has 0 fully saturated rings. The van der Waals surface area contributed by atoms with Crippen LogP contribution in [0, 0.1) is 0 Å². The summed E-state index contributed by atoms with van der Waals surface area (Å²) in [6, 6.07) is 15.4. The zero-order valence-corrected chi connectivity index (χ0v) is 12.5. The second kappa shape index (κ2) is 4.83. The molecule has 0 bridgehead atoms. The van der Waals surface area contributed by atoms with Crippen LogP contribution in [0.5, 0.6) is 0 Å². The molecule has 0 radical (unpaired) electrons. The Morgan fingerprint density at radius 3 is 2.76 bits per heavy atom. The first kappa shape index (κ1) is 12.8. The first-order valence-electron chi connectivity index (χ1n) is 6.56. The molecule has 4 rings (SSSR count). The van der Waals surface area contributed by atoms with Gasteiger partial charge in [-0.25, -0.2) is 4.68 Å². The smallest absolute Gasteiger partial charge is 0.275 e. The third-order valence-corrected chi connectivity index (χ3v) is 4.92. The number of hydrogen-bond acceptors (Lipinski definition) is 2. The van der Waals surface area contributed by atoms with Gasteiger partial charge in [-0.15, -0.1) is 11.8 Å². The maximum Gasteiger partial charge on any atom is 0.275 e. The van der Waals surface area contributed by atoms with E-state index in [1.807, 2.05) is 48.5 Å².